The molecular weight excluding hydrogens is 224 g/mol. The van der Waals surface area contributed by atoms with Gasteiger partial charge in [-0.1, -0.05) is 12.1 Å². The number of esters is 1. The summed E-state index contributed by atoms with van der Waals surface area (Å²) >= 11 is 0. The quantitative estimate of drug-likeness (QED) is 0.673. The molecule has 0 aliphatic carbocycles. The summed E-state index contributed by atoms with van der Waals surface area (Å²) in [5.41, 5.74) is 0.717. The van der Waals surface area contributed by atoms with Crippen LogP contribution >= 0.6 is 0 Å². The maximum Gasteiger partial charge on any atom is 0.338 e. The number of hydrogen-bond donors (Lipinski definition) is 3. The lowest BCUT2D eigenvalue weighted by Crippen LogP contribution is -2.30. The van der Waals surface area contributed by atoms with Crippen molar-refractivity contribution < 1.29 is 24.9 Å². The first kappa shape index (κ1) is 13.5. The van der Waals surface area contributed by atoms with Crippen molar-refractivity contribution >= 4 is 5.97 Å². The second-order valence-corrected chi connectivity index (χ2v) is 3.63. The van der Waals surface area contributed by atoms with Gasteiger partial charge in [0.1, 0.15) is 11.9 Å². The Morgan fingerprint density at radius 3 is 2.65 bits per heavy atom. The molecule has 0 saturated heterocycles. The zero-order chi connectivity index (χ0) is 13.0. The lowest BCUT2D eigenvalue weighted by molar-refractivity contribution is -0.159. The molecule has 0 bridgehead atoms. The number of rotatable bonds is 4. The van der Waals surface area contributed by atoms with Crippen LogP contribution in [0, 0.1) is 6.92 Å². The SMILES string of the molecule is CCOC(=O)C(O)C(O)c1cccc(O)c1C. The van der Waals surface area contributed by atoms with Gasteiger partial charge in [-0.15, -0.1) is 0 Å². The van der Waals surface area contributed by atoms with E-state index >= 15 is 0 Å². The van der Waals surface area contributed by atoms with Crippen molar-refractivity contribution in [3.63, 3.8) is 0 Å². The molecule has 0 heterocycles. The minimum atomic E-state index is -1.66. The predicted octanol–water partition coefficient (Wildman–Crippen LogP) is 0.658. The van der Waals surface area contributed by atoms with Crippen LogP contribution in [0.15, 0.2) is 18.2 Å². The third-order valence-electron chi connectivity index (χ3n) is 2.49. The fourth-order valence-electron chi connectivity index (χ4n) is 1.49. The van der Waals surface area contributed by atoms with E-state index in [0.717, 1.165) is 0 Å². The number of ether oxygens (including phenoxy) is 1. The number of carbonyl (C=O) groups is 1. The zero-order valence-corrected chi connectivity index (χ0v) is 9.75. The summed E-state index contributed by atoms with van der Waals surface area (Å²) in [6.45, 7) is 3.32. The average Bonchev–Trinajstić information content (AvgIpc) is 2.31. The van der Waals surface area contributed by atoms with Crippen LogP contribution in [-0.2, 0) is 9.53 Å². The van der Waals surface area contributed by atoms with Gasteiger partial charge in [-0.25, -0.2) is 4.79 Å². The highest BCUT2D eigenvalue weighted by Crippen LogP contribution is 2.27. The topological polar surface area (TPSA) is 87.0 Å². The number of carbonyl (C=O) groups excluding carboxylic acids is 1. The summed E-state index contributed by atoms with van der Waals surface area (Å²) in [7, 11) is 0. The molecule has 2 unspecified atom stereocenters. The molecule has 2 atom stereocenters. The van der Waals surface area contributed by atoms with Crippen LogP contribution in [0.3, 0.4) is 0 Å². The Labute approximate surface area is 99.3 Å². The van der Waals surface area contributed by atoms with Crippen LogP contribution in [0.1, 0.15) is 24.2 Å². The van der Waals surface area contributed by atoms with Crippen molar-refractivity contribution in [3.8, 4) is 5.75 Å². The number of aliphatic hydroxyl groups is 2. The van der Waals surface area contributed by atoms with Gasteiger partial charge in [0, 0.05) is 0 Å². The minimum absolute atomic E-state index is 0.00221. The van der Waals surface area contributed by atoms with E-state index in [0.29, 0.717) is 11.1 Å². The van der Waals surface area contributed by atoms with E-state index in [2.05, 4.69) is 4.74 Å². The molecule has 0 aliphatic heterocycles. The van der Waals surface area contributed by atoms with Crippen LogP contribution < -0.4 is 0 Å². The summed E-state index contributed by atoms with van der Waals surface area (Å²) in [4.78, 5) is 11.3. The molecule has 0 saturated carbocycles. The van der Waals surface area contributed by atoms with Crippen molar-refractivity contribution in [1.29, 1.82) is 0 Å². The number of aromatic hydroxyl groups is 1. The number of hydrogen-bond acceptors (Lipinski definition) is 5. The van der Waals surface area contributed by atoms with E-state index in [1.165, 1.54) is 18.2 Å². The molecule has 0 amide bonds. The Balaban J connectivity index is 2.92. The van der Waals surface area contributed by atoms with Gasteiger partial charge in [0.15, 0.2) is 6.10 Å². The predicted molar refractivity (Wildman–Crippen MR) is 60.4 cm³/mol. The third kappa shape index (κ3) is 2.95. The summed E-state index contributed by atoms with van der Waals surface area (Å²) in [5, 5.41) is 28.9. The first-order chi connectivity index (χ1) is 7.99. The first-order valence-corrected chi connectivity index (χ1v) is 5.30. The normalized spacial score (nSPS) is 14.1. The standard InChI is InChI=1S/C12H16O5/c1-3-17-12(16)11(15)10(14)8-5-4-6-9(13)7(8)2/h4-6,10-11,13-15H,3H2,1-2H3. The summed E-state index contributed by atoms with van der Waals surface area (Å²) in [6.07, 6.45) is -3.07. The Kier molecular flexibility index (Phi) is 4.48. The second-order valence-electron chi connectivity index (χ2n) is 3.63. The first-order valence-electron chi connectivity index (χ1n) is 5.30. The van der Waals surface area contributed by atoms with Crippen molar-refractivity contribution in [3.05, 3.63) is 29.3 Å². The van der Waals surface area contributed by atoms with Gasteiger partial charge >= 0.3 is 5.97 Å². The van der Waals surface area contributed by atoms with Crippen LogP contribution in [0.4, 0.5) is 0 Å². The van der Waals surface area contributed by atoms with Crippen molar-refractivity contribution in [2.24, 2.45) is 0 Å². The lowest BCUT2D eigenvalue weighted by atomic mass is 9.99. The van der Waals surface area contributed by atoms with E-state index in [-0.39, 0.29) is 12.4 Å². The molecule has 0 radical (unpaired) electrons. The number of phenols is 1. The number of aliphatic hydroxyl groups excluding tert-OH is 2. The Morgan fingerprint density at radius 1 is 1.41 bits per heavy atom. The molecule has 3 N–H and O–H groups in total. The summed E-state index contributed by atoms with van der Waals surface area (Å²) < 4.78 is 4.60. The van der Waals surface area contributed by atoms with Crippen molar-refractivity contribution in [2.45, 2.75) is 26.1 Å². The molecule has 5 nitrogen and oxygen atoms in total. The van der Waals surface area contributed by atoms with Crippen LogP contribution in [0.2, 0.25) is 0 Å². The van der Waals surface area contributed by atoms with Gasteiger partial charge in [-0.05, 0) is 31.0 Å². The summed E-state index contributed by atoms with van der Waals surface area (Å²) in [6, 6.07) is 4.52. The lowest BCUT2D eigenvalue weighted by Gasteiger charge is -2.18. The van der Waals surface area contributed by atoms with Crippen LogP contribution in [-0.4, -0.2) is 34.0 Å². The molecule has 0 spiro atoms. The Bertz CT molecular complexity index is 402. The van der Waals surface area contributed by atoms with Gasteiger partial charge in [-0.3, -0.25) is 0 Å². The molecule has 0 aliphatic rings. The highest BCUT2D eigenvalue weighted by atomic mass is 16.5. The largest absolute Gasteiger partial charge is 0.508 e. The molecule has 1 aromatic carbocycles. The van der Waals surface area contributed by atoms with Crippen molar-refractivity contribution in [2.75, 3.05) is 6.61 Å². The second kappa shape index (κ2) is 5.65. The highest BCUT2D eigenvalue weighted by Gasteiger charge is 2.28. The zero-order valence-electron chi connectivity index (χ0n) is 9.75. The van der Waals surface area contributed by atoms with Gasteiger partial charge < -0.3 is 20.1 Å². The van der Waals surface area contributed by atoms with Gasteiger partial charge in [0.25, 0.3) is 0 Å². The van der Waals surface area contributed by atoms with Gasteiger partial charge in [-0.2, -0.15) is 0 Å². The molecule has 0 fully saturated rings. The smallest absolute Gasteiger partial charge is 0.338 e. The molecule has 5 heteroatoms. The highest BCUT2D eigenvalue weighted by molar-refractivity contribution is 5.75. The fourth-order valence-corrected chi connectivity index (χ4v) is 1.49. The molecule has 1 rings (SSSR count). The van der Waals surface area contributed by atoms with E-state index in [4.69, 9.17) is 0 Å². The monoisotopic (exact) mass is 240 g/mol. The molecule has 94 valence electrons. The third-order valence-corrected chi connectivity index (χ3v) is 2.49. The van der Waals surface area contributed by atoms with Crippen LogP contribution in [0.5, 0.6) is 5.75 Å². The van der Waals surface area contributed by atoms with E-state index in [9.17, 15) is 20.1 Å². The fraction of sp³-hybridized carbons (Fsp3) is 0.417. The molecule has 1 aromatic rings. The number of benzene rings is 1. The molecule has 17 heavy (non-hydrogen) atoms. The van der Waals surface area contributed by atoms with Crippen LogP contribution in [0.25, 0.3) is 0 Å². The minimum Gasteiger partial charge on any atom is -0.508 e. The average molecular weight is 240 g/mol. The maximum atomic E-state index is 11.3. The van der Waals surface area contributed by atoms with Crippen molar-refractivity contribution in [1.82, 2.24) is 0 Å². The Hall–Kier alpha value is -1.59. The van der Waals surface area contributed by atoms with Gasteiger partial charge in [0.2, 0.25) is 0 Å². The molecule has 0 aromatic heterocycles. The molecular formula is C12H16O5. The maximum absolute atomic E-state index is 11.3. The van der Waals surface area contributed by atoms with Gasteiger partial charge in [0.05, 0.1) is 6.61 Å². The van der Waals surface area contributed by atoms with E-state index < -0.39 is 18.2 Å². The Morgan fingerprint density at radius 2 is 2.06 bits per heavy atom. The number of phenolic OH excluding ortho intramolecular Hbond substituents is 1. The van der Waals surface area contributed by atoms with E-state index in [1.54, 1.807) is 13.8 Å². The van der Waals surface area contributed by atoms with E-state index in [1.807, 2.05) is 0 Å². The summed E-state index contributed by atoms with van der Waals surface area (Å²) in [5.74, 6) is -0.889.